The lowest BCUT2D eigenvalue weighted by molar-refractivity contribution is -0.356. The Hall–Kier alpha value is -2.10. The molecular formula is C54H86O21. The molecule has 8 rings (SSSR count). The number of aliphatic hydroxyl groups is 8. The summed E-state index contributed by atoms with van der Waals surface area (Å²) in [4.78, 5) is 26.5. The fraction of sp³-hybridized carbons (Fsp3) is 0.889. The van der Waals surface area contributed by atoms with Crippen LogP contribution < -0.4 is 0 Å². The van der Waals surface area contributed by atoms with Gasteiger partial charge in [-0.3, -0.25) is 4.79 Å². The highest BCUT2D eigenvalue weighted by atomic mass is 16.8. The Morgan fingerprint density at radius 2 is 1.35 bits per heavy atom. The lowest BCUT2D eigenvalue weighted by atomic mass is 9.43. The quantitative estimate of drug-likeness (QED) is 0.0657. The number of hydrogen-bond donors (Lipinski definition) is 8. The van der Waals surface area contributed by atoms with Crippen LogP contribution in [0.1, 0.15) is 120 Å². The van der Waals surface area contributed by atoms with E-state index in [2.05, 4.69) is 6.92 Å². The van der Waals surface area contributed by atoms with E-state index in [0.717, 1.165) is 11.1 Å². The van der Waals surface area contributed by atoms with Gasteiger partial charge in [-0.2, -0.15) is 0 Å². The first-order chi connectivity index (χ1) is 35.2. The van der Waals surface area contributed by atoms with Crippen molar-refractivity contribution in [2.75, 3.05) is 20.8 Å². The molecule has 4 saturated heterocycles. The Balaban J connectivity index is 0.868. The van der Waals surface area contributed by atoms with E-state index in [1.54, 1.807) is 27.9 Å². The lowest BCUT2D eigenvalue weighted by Crippen LogP contribution is -2.76. The molecule has 0 radical (unpaired) electrons. The van der Waals surface area contributed by atoms with E-state index in [1.165, 1.54) is 20.1 Å². The van der Waals surface area contributed by atoms with Crippen molar-refractivity contribution >= 4 is 11.8 Å². The van der Waals surface area contributed by atoms with E-state index >= 15 is 0 Å². The molecule has 8 N–H and O–H groups in total. The first-order valence-corrected chi connectivity index (χ1v) is 27.1. The summed E-state index contributed by atoms with van der Waals surface area (Å²) in [6, 6.07) is 0. The van der Waals surface area contributed by atoms with Crippen molar-refractivity contribution in [1.29, 1.82) is 0 Å². The summed E-state index contributed by atoms with van der Waals surface area (Å²) in [5.74, 6) is -2.35. The summed E-state index contributed by atoms with van der Waals surface area (Å²) in [5.41, 5.74) is -4.02. The summed E-state index contributed by atoms with van der Waals surface area (Å²) in [7, 11) is 3.07. The number of hydrogen-bond acceptors (Lipinski definition) is 21. The van der Waals surface area contributed by atoms with Gasteiger partial charge < -0.3 is 93.0 Å². The van der Waals surface area contributed by atoms with Crippen LogP contribution in [0.2, 0.25) is 0 Å². The van der Waals surface area contributed by atoms with Crippen molar-refractivity contribution in [3.63, 3.8) is 0 Å². The summed E-state index contributed by atoms with van der Waals surface area (Å²) in [5, 5.41) is 89.8. The minimum absolute atomic E-state index is 0.0616. The Morgan fingerprint density at radius 3 is 1.92 bits per heavy atom. The van der Waals surface area contributed by atoms with Gasteiger partial charge in [-0.25, -0.2) is 4.79 Å². The molecule has 0 bridgehead atoms. The second-order valence-corrected chi connectivity index (χ2v) is 23.7. The second-order valence-electron chi connectivity index (χ2n) is 23.7. The number of aliphatic hydroxyl groups excluding tert-OH is 6. The van der Waals surface area contributed by atoms with Crippen LogP contribution in [0.3, 0.4) is 0 Å². The molecule has 8 aliphatic rings. The number of ether oxygens (including phenoxy) is 11. The third-order valence-corrected chi connectivity index (χ3v) is 19.0. The molecule has 0 aromatic carbocycles. The molecule has 4 aliphatic carbocycles. The molecule has 4 aliphatic heterocycles. The van der Waals surface area contributed by atoms with Gasteiger partial charge in [0.1, 0.15) is 65.8 Å². The summed E-state index contributed by atoms with van der Waals surface area (Å²) in [6.07, 6.45) is -12.8. The molecule has 21 heteroatoms. The average Bonchev–Trinajstić information content (AvgIpc) is 3.58. The number of Topliss-reactive ketones (excluding diaryl/α,β-unsaturated/α-hetero) is 1. The minimum atomic E-state index is -1.96. The maximum atomic E-state index is 13.5. The highest BCUT2D eigenvalue weighted by molar-refractivity contribution is 5.83. The molecule has 3 saturated carbocycles. The van der Waals surface area contributed by atoms with Gasteiger partial charge in [0, 0.05) is 51.4 Å². The fourth-order valence-corrected chi connectivity index (χ4v) is 14.1. The van der Waals surface area contributed by atoms with Gasteiger partial charge in [0.05, 0.1) is 60.9 Å². The lowest BCUT2D eigenvalue weighted by Gasteiger charge is -2.66. The topological polar surface area (TPSA) is 298 Å². The van der Waals surface area contributed by atoms with Crippen molar-refractivity contribution in [3.05, 3.63) is 23.3 Å². The van der Waals surface area contributed by atoms with Crippen LogP contribution in [0.4, 0.5) is 0 Å². The van der Waals surface area contributed by atoms with Gasteiger partial charge in [-0.1, -0.05) is 44.9 Å². The molecule has 75 heavy (non-hydrogen) atoms. The number of ketones is 1. The normalized spacial score (nSPS) is 50.3. The number of fused-ring (bicyclic) bond motifs is 5. The first kappa shape index (κ1) is 59.0. The molecule has 21 nitrogen and oxygen atoms in total. The smallest absolute Gasteiger partial charge is 0.330 e. The number of esters is 1. The maximum Gasteiger partial charge on any atom is 0.330 e. The van der Waals surface area contributed by atoms with E-state index in [1.807, 2.05) is 33.8 Å². The number of carbonyl (C=O) groups is 2. The Kier molecular flexibility index (Phi) is 17.9. The Bertz CT molecular complexity index is 2060. The predicted octanol–water partition coefficient (Wildman–Crippen LogP) is 1.62. The van der Waals surface area contributed by atoms with E-state index in [4.69, 9.17) is 52.1 Å². The number of methoxy groups -OCH3 is 2. The third-order valence-electron chi connectivity index (χ3n) is 19.0. The summed E-state index contributed by atoms with van der Waals surface area (Å²) >= 11 is 0. The number of allylic oxidation sites excluding steroid dienone is 1. The predicted molar refractivity (Wildman–Crippen MR) is 262 cm³/mol. The van der Waals surface area contributed by atoms with E-state index in [-0.39, 0.29) is 49.9 Å². The van der Waals surface area contributed by atoms with Crippen LogP contribution >= 0.6 is 0 Å². The van der Waals surface area contributed by atoms with Gasteiger partial charge in [-0.15, -0.1) is 0 Å². The van der Waals surface area contributed by atoms with Crippen molar-refractivity contribution in [1.82, 2.24) is 0 Å². The molecule has 428 valence electrons. The van der Waals surface area contributed by atoms with Gasteiger partial charge in [0.25, 0.3) is 0 Å². The second kappa shape index (κ2) is 22.8. The zero-order valence-electron chi connectivity index (χ0n) is 45.4. The summed E-state index contributed by atoms with van der Waals surface area (Å²) < 4.78 is 67.9. The number of rotatable bonds is 15. The molecule has 0 aromatic heterocycles. The molecule has 26 atom stereocenters. The van der Waals surface area contributed by atoms with E-state index < -0.39 is 163 Å². The van der Waals surface area contributed by atoms with Crippen molar-refractivity contribution in [2.24, 2.45) is 28.6 Å². The highest BCUT2D eigenvalue weighted by Crippen LogP contribution is 2.69. The molecule has 7 fully saturated rings. The van der Waals surface area contributed by atoms with Gasteiger partial charge in [0.15, 0.2) is 25.2 Å². The monoisotopic (exact) mass is 1070 g/mol. The summed E-state index contributed by atoms with van der Waals surface area (Å²) in [6.45, 7) is 15.6. The van der Waals surface area contributed by atoms with Crippen molar-refractivity contribution in [2.45, 2.75) is 254 Å². The van der Waals surface area contributed by atoms with Gasteiger partial charge in [0.2, 0.25) is 0 Å². The molecule has 0 spiro atoms. The zero-order valence-corrected chi connectivity index (χ0v) is 45.4. The third kappa shape index (κ3) is 10.7. The average molecular weight is 1070 g/mol. The van der Waals surface area contributed by atoms with Crippen LogP contribution in [-0.4, -0.2) is 207 Å². The van der Waals surface area contributed by atoms with Crippen LogP contribution in [0.15, 0.2) is 23.3 Å². The van der Waals surface area contributed by atoms with E-state index in [0.29, 0.717) is 25.7 Å². The zero-order chi connectivity index (χ0) is 54.9. The Morgan fingerprint density at radius 1 is 0.773 bits per heavy atom. The SMILES string of the molecule is COC1CC(OC2CCC3(C)C(=CCC4(O)C3CC(OC(=O)C=C(C)C(C)C)C3(C)C(O)C(C(C)=O)CC43O)C2)OC(C)C1OC1CC(O)C(OC2CC(OC)C(OC3OC(CO)C(O)C(O)C3O)C(C)O2)C(C)O1. The van der Waals surface area contributed by atoms with E-state index in [9.17, 15) is 50.4 Å². The van der Waals surface area contributed by atoms with Crippen LogP contribution in [0, 0.1) is 28.6 Å². The van der Waals surface area contributed by atoms with Gasteiger partial charge in [-0.05, 0) is 84.5 Å². The first-order valence-electron chi connectivity index (χ1n) is 27.1. The highest BCUT2D eigenvalue weighted by Gasteiger charge is 2.79. The minimum Gasteiger partial charge on any atom is -0.458 e. The molecule has 0 aromatic rings. The molecular weight excluding hydrogens is 985 g/mol. The van der Waals surface area contributed by atoms with Gasteiger partial charge >= 0.3 is 5.97 Å². The van der Waals surface area contributed by atoms with Crippen molar-refractivity contribution < 1.29 is 103 Å². The van der Waals surface area contributed by atoms with Crippen LogP contribution in [0.5, 0.6) is 0 Å². The number of carbonyl (C=O) groups excluding carboxylic acids is 2. The van der Waals surface area contributed by atoms with Crippen LogP contribution in [-0.2, 0) is 61.7 Å². The molecule has 4 heterocycles. The molecule has 0 amide bonds. The largest absolute Gasteiger partial charge is 0.458 e. The molecule has 26 unspecified atom stereocenters. The van der Waals surface area contributed by atoms with Crippen molar-refractivity contribution in [3.8, 4) is 0 Å². The Labute approximate surface area is 440 Å². The van der Waals surface area contributed by atoms with Crippen LogP contribution in [0.25, 0.3) is 0 Å². The standard InChI is InChI=1S/C54H86O21/c1-24(2)25(3)16-39(58)72-38-21-37-51(8)14-13-31(17-30(51)12-15-53(37,63)54(64)22-32(26(4)56)49(62)52(38,54)9)70-41-19-34(65-10)47(28(6)68-41)74-40-18-33(57)46(27(5)67-40)73-42-20-35(66-11)48(29(7)69-42)75-50-45(61)44(60)43(59)36(23-55)71-50/h12,16,24,27-29,31-38,40-50,55,57,59-64H,13-15,17-23H2,1-11H3. The fourth-order valence-electron chi connectivity index (χ4n) is 14.1. The maximum absolute atomic E-state index is 13.5.